The summed E-state index contributed by atoms with van der Waals surface area (Å²) in [5.74, 6) is -0.0738. The Labute approximate surface area is 193 Å². The maximum atomic E-state index is 13.5. The van der Waals surface area contributed by atoms with E-state index in [1.54, 1.807) is 31.2 Å². The van der Waals surface area contributed by atoms with Gasteiger partial charge in [-0.2, -0.15) is 0 Å². The van der Waals surface area contributed by atoms with Crippen LogP contribution in [-0.2, 0) is 4.74 Å². The fourth-order valence-electron chi connectivity index (χ4n) is 4.55. The molecule has 0 amide bonds. The molecule has 1 atom stereocenters. The van der Waals surface area contributed by atoms with E-state index in [4.69, 9.17) is 9.47 Å². The van der Waals surface area contributed by atoms with Gasteiger partial charge in [-0.25, -0.2) is 8.78 Å². The summed E-state index contributed by atoms with van der Waals surface area (Å²) in [6.07, 6.45) is 1.15. The Kier molecular flexibility index (Phi) is 7.19. The van der Waals surface area contributed by atoms with E-state index in [0.717, 1.165) is 5.69 Å². The van der Waals surface area contributed by atoms with Crippen molar-refractivity contribution < 1.29 is 28.5 Å². The molecule has 180 valence electrons. The molecule has 0 aliphatic carbocycles. The van der Waals surface area contributed by atoms with Crippen LogP contribution in [0.3, 0.4) is 0 Å². The third-order valence-corrected chi connectivity index (χ3v) is 6.48. The van der Waals surface area contributed by atoms with Gasteiger partial charge in [-0.15, -0.1) is 0 Å². The van der Waals surface area contributed by atoms with E-state index in [1.165, 1.54) is 18.2 Å². The summed E-state index contributed by atoms with van der Waals surface area (Å²) in [5, 5.41) is 22.4. The molecule has 0 radical (unpaired) electrons. The lowest BCUT2D eigenvalue weighted by molar-refractivity contribution is -0.0742. The molecule has 2 fully saturated rings. The van der Waals surface area contributed by atoms with Crippen molar-refractivity contribution in [2.75, 3.05) is 57.4 Å². The van der Waals surface area contributed by atoms with Crippen LogP contribution in [0, 0.1) is 18.6 Å². The molecule has 2 heterocycles. The number of β-amino-alcohol motifs (C(OH)–C–C–N with tert-alkyl or cyclic N) is 2. The maximum Gasteiger partial charge on any atom is 0.134 e. The number of halogens is 2. The van der Waals surface area contributed by atoms with E-state index in [-0.39, 0.29) is 24.8 Å². The first kappa shape index (κ1) is 23.9. The second kappa shape index (κ2) is 9.93. The van der Waals surface area contributed by atoms with Gasteiger partial charge in [0.25, 0.3) is 0 Å². The van der Waals surface area contributed by atoms with Crippen molar-refractivity contribution in [3.05, 3.63) is 59.7 Å². The first-order chi connectivity index (χ1) is 15.7. The number of nitrogens with zero attached hydrogens (tertiary/aromatic N) is 2. The van der Waals surface area contributed by atoms with Crippen LogP contribution in [-0.4, -0.2) is 78.9 Å². The van der Waals surface area contributed by atoms with Gasteiger partial charge in [0, 0.05) is 38.4 Å². The van der Waals surface area contributed by atoms with E-state index in [0.29, 0.717) is 63.5 Å². The van der Waals surface area contributed by atoms with E-state index in [9.17, 15) is 19.0 Å². The number of aryl methyl sites for hydroxylation is 1. The molecule has 2 aromatic carbocycles. The Hall–Kier alpha value is -2.26. The molecular weight excluding hydrogens is 430 g/mol. The summed E-state index contributed by atoms with van der Waals surface area (Å²) >= 11 is 0. The van der Waals surface area contributed by atoms with Gasteiger partial charge in [0.15, 0.2) is 0 Å². The van der Waals surface area contributed by atoms with E-state index in [2.05, 4.69) is 4.90 Å². The first-order valence-corrected chi connectivity index (χ1v) is 11.4. The highest BCUT2D eigenvalue weighted by molar-refractivity contribution is 5.46. The quantitative estimate of drug-likeness (QED) is 0.689. The van der Waals surface area contributed by atoms with Crippen LogP contribution in [0.4, 0.5) is 14.5 Å². The van der Waals surface area contributed by atoms with Gasteiger partial charge >= 0.3 is 0 Å². The molecule has 6 nitrogen and oxygen atoms in total. The monoisotopic (exact) mass is 462 g/mol. The Balaban J connectivity index is 1.33. The highest BCUT2D eigenvalue weighted by Gasteiger charge is 2.39. The number of benzene rings is 2. The third kappa shape index (κ3) is 6.20. The molecule has 0 saturated carbocycles. The second-order valence-electron chi connectivity index (χ2n) is 9.38. The van der Waals surface area contributed by atoms with Crippen molar-refractivity contribution in [2.45, 2.75) is 31.0 Å². The van der Waals surface area contributed by atoms with E-state index < -0.39 is 11.2 Å². The zero-order valence-corrected chi connectivity index (χ0v) is 19.0. The van der Waals surface area contributed by atoms with Crippen LogP contribution >= 0.6 is 0 Å². The van der Waals surface area contributed by atoms with Crippen LogP contribution in [0.1, 0.15) is 18.4 Å². The Morgan fingerprint density at radius 3 is 2.42 bits per heavy atom. The summed E-state index contributed by atoms with van der Waals surface area (Å²) in [5.41, 5.74) is -0.697. The zero-order valence-electron chi connectivity index (χ0n) is 19.0. The van der Waals surface area contributed by atoms with Crippen molar-refractivity contribution >= 4 is 5.69 Å². The van der Waals surface area contributed by atoms with Crippen LogP contribution < -0.4 is 9.64 Å². The van der Waals surface area contributed by atoms with Gasteiger partial charge < -0.3 is 24.6 Å². The standard InChI is InChI=1S/C25H32F2N2O4/c1-19-14-22(6-7-23(19)27)33-18-25(31)16-28(12-13-32-17-25)15-24(30)8-10-29(11-9-24)21-4-2-20(26)3-5-21/h2-7,14,30-31H,8-13,15-18H2,1H3/t25-/m0/s1. The second-order valence-corrected chi connectivity index (χ2v) is 9.38. The highest BCUT2D eigenvalue weighted by atomic mass is 19.1. The minimum Gasteiger partial charge on any atom is -0.490 e. The predicted octanol–water partition coefficient (Wildman–Crippen LogP) is 2.75. The number of aliphatic hydroxyl groups is 2. The lowest BCUT2D eigenvalue weighted by Crippen LogP contribution is -2.55. The first-order valence-electron chi connectivity index (χ1n) is 11.4. The summed E-state index contributed by atoms with van der Waals surface area (Å²) in [4.78, 5) is 4.17. The van der Waals surface area contributed by atoms with Gasteiger partial charge in [0.05, 0.1) is 18.8 Å². The molecule has 2 aliphatic heterocycles. The van der Waals surface area contributed by atoms with Crippen molar-refractivity contribution in [1.29, 1.82) is 0 Å². The van der Waals surface area contributed by atoms with Crippen LogP contribution in [0.2, 0.25) is 0 Å². The van der Waals surface area contributed by atoms with Gasteiger partial charge in [-0.05, 0) is 67.8 Å². The molecular formula is C25H32F2N2O4. The van der Waals surface area contributed by atoms with E-state index >= 15 is 0 Å². The molecule has 0 spiro atoms. The third-order valence-electron chi connectivity index (χ3n) is 6.48. The number of ether oxygens (including phenoxy) is 2. The van der Waals surface area contributed by atoms with Crippen molar-refractivity contribution in [3.63, 3.8) is 0 Å². The number of hydrogen-bond donors (Lipinski definition) is 2. The fraction of sp³-hybridized carbons (Fsp3) is 0.520. The fourth-order valence-corrected chi connectivity index (χ4v) is 4.55. The number of hydrogen-bond acceptors (Lipinski definition) is 6. The molecule has 2 aliphatic rings. The average molecular weight is 463 g/mol. The lowest BCUT2D eigenvalue weighted by atomic mass is 9.90. The number of piperidine rings is 1. The SMILES string of the molecule is Cc1cc(OC[C@@]2(O)COCCN(CC3(O)CCN(c4ccc(F)cc4)CC3)C2)ccc1F. The molecule has 0 aromatic heterocycles. The Bertz CT molecular complexity index is 935. The van der Waals surface area contributed by atoms with Crippen LogP contribution in [0.25, 0.3) is 0 Å². The van der Waals surface area contributed by atoms with Crippen LogP contribution in [0.5, 0.6) is 5.75 Å². The maximum absolute atomic E-state index is 13.5. The van der Waals surface area contributed by atoms with Crippen molar-refractivity contribution in [3.8, 4) is 5.75 Å². The summed E-state index contributed by atoms with van der Waals surface area (Å²) in [7, 11) is 0. The molecule has 0 unspecified atom stereocenters. The Morgan fingerprint density at radius 2 is 1.73 bits per heavy atom. The van der Waals surface area contributed by atoms with Crippen molar-refractivity contribution in [1.82, 2.24) is 4.90 Å². The average Bonchev–Trinajstić information content (AvgIpc) is 2.97. The molecule has 2 N–H and O–H groups in total. The summed E-state index contributed by atoms with van der Waals surface area (Å²) < 4.78 is 38.1. The number of rotatable bonds is 6. The molecule has 0 bridgehead atoms. The Morgan fingerprint density at radius 1 is 1.00 bits per heavy atom. The van der Waals surface area contributed by atoms with Crippen molar-refractivity contribution in [2.24, 2.45) is 0 Å². The molecule has 4 rings (SSSR count). The van der Waals surface area contributed by atoms with Crippen LogP contribution in [0.15, 0.2) is 42.5 Å². The van der Waals surface area contributed by atoms with E-state index in [1.807, 2.05) is 4.90 Å². The lowest BCUT2D eigenvalue weighted by Gasteiger charge is -2.42. The minimum atomic E-state index is -1.25. The number of anilines is 1. The van der Waals surface area contributed by atoms with Gasteiger partial charge in [-0.3, -0.25) is 4.90 Å². The minimum absolute atomic E-state index is 0.00530. The summed E-state index contributed by atoms with van der Waals surface area (Å²) in [6.45, 7) is 4.91. The van der Waals surface area contributed by atoms with Gasteiger partial charge in [0.2, 0.25) is 0 Å². The van der Waals surface area contributed by atoms with Gasteiger partial charge in [-0.1, -0.05) is 0 Å². The molecule has 33 heavy (non-hydrogen) atoms. The highest BCUT2D eigenvalue weighted by Crippen LogP contribution is 2.28. The normalized spacial score (nSPS) is 23.8. The molecule has 8 heteroatoms. The predicted molar refractivity (Wildman–Crippen MR) is 122 cm³/mol. The molecule has 2 aromatic rings. The largest absolute Gasteiger partial charge is 0.490 e. The van der Waals surface area contributed by atoms with Gasteiger partial charge in [0.1, 0.15) is 29.6 Å². The summed E-state index contributed by atoms with van der Waals surface area (Å²) in [6, 6.07) is 10.9. The molecule has 2 saturated heterocycles. The topological polar surface area (TPSA) is 65.4 Å². The zero-order chi connectivity index (χ0) is 23.5. The smallest absolute Gasteiger partial charge is 0.134 e.